The predicted molar refractivity (Wildman–Crippen MR) is 106 cm³/mol. The number of amides is 1. The Bertz CT molecular complexity index is 511. The lowest BCUT2D eigenvalue weighted by atomic mass is 9.99. The highest BCUT2D eigenvalue weighted by Gasteiger charge is 2.16. The van der Waals surface area contributed by atoms with Crippen molar-refractivity contribution >= 4 is 5.91 Å². The van der Waals surface area contributed by atoms with Gasteiger partial charge in [0, 0.05) is 25.2 Å². The first-order chi connectivity index (χ1) is 12.1. The molecular formula is C22H36N2O. The highest BCUT2D eigenvalue weighted by Crippen LogP contribution is 2.18. The van der Waals surface area contributed by atoms with Gasteiger partial charge in [-0.25, -0.2) is 0 Å². The predicted octanol–water partition coefficient (Wildman–Crippen LogP) is 4.86. The van der Waals surface area contributed by atoms with E-state index in [4.69, 9.17) is 0 Å². The molecule has 0 aromatic heterocycles. The van der Waals surface area contributed by atoms with Gasteiger partial charge in [-0.05, 0) is 55.3 Å². The minimum absolute atomic E-state index is 0.0630. The van der Waals surface area contributed by atoms with Crippen molar-refractivity contribution in [2.45, 2.75) is 65.8 Å². The number of hydrogen-bond acceptors (Lipinski definition) is 2. The number of unbranched alkanes of at least 4 members (excludes halogenated alkanes) is 1. The van der Waals surface area contributed by atoms with Crippen LogP contribution in [0.3, 0.4) is 0 Å². The minimum atomic E-state index is 0.0630. The van der Waals surface area contributed by atoms with E-state index in [1.165, 1.54) is 50.8 Å². The van der Waals surface area contributed by atoms with Crippen LogP contribution < -0.4 is 5.32 Å². The fourth-order valence-corrected chi connectivity index (χ4v) is 3.73. The van der Waals surface area contributed by atoms with E-state index in [1.54, 1.807) is 0 Å². The summed E-state index contributed by atoms with van der Waals surface area (Å²) < 4.78 is 0. The summed E-state index contributed by atoms with van der Waals surface area (Å²) in [7, 11) is 0. The maximum Gasteiger partial charge on any atom is 0.251 e. The molecule has 3 nitrogen and oxygen atoms in total. The Morgan fingerprint density at radius 1 is 1.28 bits per heavy atom. The van der Waals surface area contributed by atoms with Crippen LogP contribution in [0.1, 0.15) is 75.2 Å². The number of carbonyl (C=O) groups excluding carboxylic acids is 1. The molecule has 0 radical (unpaired) electrons. The van der Waals surface area contributed by atoms with Gasteiger partial charge in [-0.2, -0.15) is 0 Å². The highest BCUT2D eigenvalue weighted by atomic mass is 16.1. The molecule has 1 aromatic rings. The molecule has 1 fully saturated rings. The second kappa shape index (κ2) is 10.6. The summed E-state index contributed by atoms with van der Waals surface area (Å²) in [6.07, 6.45) is 7.47. The molecule has 0 bridgehead atoms. The van der Waals surface area contributed by atoms with Gasteiger partial charge < -0.3 is 5.32 Å². The first-order valence-electron chi connectivity index (χ1n) is 10.2. The number of nitrogens with one attached hydrogen (secondary N) is 1. The van der Waals surface area contributed by atoms with Gasteiger partial charge in [-0.3, -0.25) is 9.69 Å². The van der Waals surface area contributed by atoms with Crippen molar-refractivity contribution in [2.75, 3.05) is 19.6 Å². The standard InChI is InChI=1S/C22H36N2O/c1-4-6-9-19(5-2)15-23-22(25)21-12-10-20(11-13-21)17-24-14-7-8-18(3)16-24/h10-13,18-19H,4-9,14-17H2,1-3H3,(H,23,25)/t18-,19+/m1/s1. The lowest BCUT2D eigenvalue weighted by Crippen LogP contribution is -2.33. The number of nitrogens with zero attached hydrogens (tertiary/aromatic N) is 1. The van der Waals surface area contributed by atoms with E-state index in [0.29, 0.717) is 5.92 Å². The van der Waals surface area contributed by atoms with Crippen molar-refractivity contribution in [3.8, 4) is 0 Å². The second-order valence-corrected chi connectivity index (χ2v) is 7.81. The van der Waals surface area contributed by atoms with E-state index in [0.717, 1.165) is 31.0 Å². The van der Waals surface area contributed by atoms with Crippen LogP contribution in [0.4, 0.5) is 0 Å². The minimum Gasteiger partial charge on any atom is -0.352 e. The van der Waals surface area contributed by atoms with Gasteiger partial charge >= 0.3 is 0 Å². The van der Waals surface area contributed by atoms with Gasteiger partial charge in [-0.15, -0.1) is 0 Å². The van der Waals surface area contributed by atoms with Crippen LogP contribution in [0.15, 0.2) is 24.3 Å². The van der Waals surface area contributed by atoms with Crippen LogP contribution in [0.5, 0.6) is 0 Å². The molecular weight excluding hydrogens is 308 g/mol. The van der Waals surface area contributed by atoms with Gasteiger partial charge in [0.1, 0.15) is 0 Å². The fourth-order valence-electron chi connectivity index (χ4n) is 3.73. The van der Waals surface area contributed by atoms with Gasteiger partial charge in [-0.1, -0.05) is 52.2 Å². The van der Waals surface area contributed by atoms with E-state index >= 15 is 0 Å². The van der Waals surface area contributed by atoms with Crippen molar-refractivity contribution < 1.29 is 4.79 Å². The first-order valence-corrected chi connectivity index (χ1v) is 10.2. The van der Waals surface area contributed by atoms with Crippen LogP contribution in [0, 0.1) is 11.8 Å². The summed E-state index contributed by atoms with van der Waals surface area (Å²) in [5.41, 5.74) is 2.08. The summed E-state index contributed by atoms with van der Waals surface area (Å²) in [6.45, 7) is 11.0. The average Bonchev–Trinajstić information content (AvgIpc) is 2.62. The normalized spacial score (nSPS) is 19.6. The van der Waals surface area contributed by atoms with E-state index in [-0.39, 0.29) is 5.91 Å². The molecule has 2 atom stereocenters. The maximum absolute atomic E-state index is 12.4. The average molecular weight is 345 g/mol. The van der Waals surface area contributed by atoms with Gasteiger partial charge in [0.25, 0.3) is 5.91 Å². The molecule has 1 aliphatic heterocycles. The molecule has 2 rings (SSSR count). The molecule has 0 unspecified atom stereocenters. The van der Waals surface area contributed by atoms with E-state index in [1.807, 2.05) is 12.1 Å². The number of hydrogen-bond donors (Lipinski definition) is 1. The lowest BCUT2D eigenvalue weighted by Gasteiger charge is -2.30. The fraction of sp³-hybridized carbons (Fsp3) is 0.682. The molecule has 0 saturated carbocycles. The number of benzene rings is 1. The van der Waals surface area contributed by atoms with Crippen molar-refractivity contribution in [3.63, 3.8) is 0 Å². The summed E-state index contributed by atoms with van der Waals surface area (Å²) >= 11 is 0. The van der Waals surface area contributed by atoms with Crippen molar-refractivity contribution in [3.05, 3.63) is 35.4 Å². The SMILES string of the molecule is CCCC[C@H](CC)CNC(=O)c1ccc(CN2CCC[C@@H](C)C2)cc1. The Hall–Kier alpha value is -1.35. The molecule has 3 heteroatoms. The summed E-state index contributed by atoms with van der Waals surface area (Å²) in [6, 6.07) is 8.18. The maximum atomic E-state index is 12.4. The number of piperidine rings is 1. The molecule has 0 aliphatic carbocycles. The smallest absolute Gasteiger partial charge is 0.251 e. The summed E-state index contributed by atoms with van der Waals surface area (Å²) in [5.74, 6) is 1.47. The third-order valence-electron chi connectivity index (χ3n) is 5.46. The summed E-state index contributed by atoms with van der Waals surface area (Å²) in [5, 5.41) is 3.12. The van der Waals surface area contributed by atoms with Crippen LogP contribution in [0.2, 0.25) is 0 Å². The van der Waals surface area contributed by atoms with Crippen LogP contribution in [0.25, 0.3) is 0 Å². The Morgan fingerprint density at radius 2 is 2.04 bits per heavy atom. The first kappa shape index (κ1) is 20.0. The topological polar surface area (TPSA) is 32.3 Å². The lowest BCUT2D eigenvalue weighted by molar-refractivity contribution is 0.0946. The molecule has 1 amide bonds. The Labute approximate surface area is 154 Å². The zero-order valence-corrected chi connectivity index (χ0v) is 16.4. The van der Waals surface area contributed by atoms with Gasteiger partial charge in [0.2, 0.25) is 0 Å². The molecule has 1 heterocycles. The zero-order chi connectivity index (χ0) is 18.1. The van der Waals surface area contributed by atoms with E-state index in [2.05, 4.69) is 43.1 Å². The molecule has 25 heavy (non-hydrogen) atoms. The third kappa shape index (κ3) is 6.81. The largest absolute Gasteiger partial charge is 0.352 e. The van der Waals surface area contributed by atoms with Crippen LogP contribution >= 0.6 is 0 Å². The van der Waals surface area contributed by atoms with E-state index < -0.39 is 0 Å². The second-order valence-electron chi connectivity index (χ2n) is 7.81. The van der Waals surface area contributed by atoms with Crippen LogP contribution in [-0.4, -0.2) is 30.4 Å². The Morgan fingerprint density at radius 3 is 2.68 bits per heavy atom. The molecule has 1 aliphatic rings. The summed E-state index contributed by atoms with van der Waals surface area (Å²) in [4.78, 5) is 14.9. The van der Waals surface area contributed by atoms with Crippen molar-refractivity contribution in [1.82, 2.24) is 10.2 Å². The Balaban J connectivity index is 1.81. The monoisotopic (exact) mass is 344 g/mol. The molecule has 1 saturated heterocycles. The van der Waals surface area contributed by atoms with Crippen molar-refractivity contribution in [1.29, 1.82) is 0 Å². The molecule has 1 N–H and O–H groups in total. The molecule has 1 aromatic carbocycles. The number of likely N-dealkylation sites (tertiary alicyclic amines) is 1. The Kier molecular flexibility index (Phi) is 8.47. The van der Waals surface area contributed by atoms with Gasteiger partial charge in [0.15, 0.2) is 0 Å². The number of carbonyl (C=O) groups is 1. The molecule has 0 spiro atoms. The molecule has 140 valence electrons. The van der Waals surface area contributed by atoms with Crippen molar-refractivity contribution in [2.24, 2.45) is 11.8 Å². The quantitative estimate of drug-likeness (QED) is 0.693. The number of rotatable bonds is 9. The van der Waals surface area contributed by atoms with E-state index in [9.17, 15) is 4.79 Å². The van der Waals surface area contributed by atoms with Crippen LogP contribution in [-0.2, 0) is 6.54 Å². The van der Waals surface area contributed by atoms with Gasteiger partial charge in [0.05, 0.1) is 0 Å². The third-order valence-corrected chi connectivity index (χ3v) is 5.46. The highest BCUT2D eigenvalue weighted by molar-refractivity contribution is 5.94. The zero-order valence-electron chi connectivity index (χ0n) is 16.4.